The molecule has 1 aliphatic rings. The van der Waals surface area contributed by atoms with E-state index in [2.05, 4.69) is 11.9 Å². The zero-order valence-corrected chi connectivity index (χ0v) is 11.4. The Morgan fingerprint density at radius 3 is 2.33 bits per heavy atom. The average Bonchev–Trinajstić information content (AvgIpc) is 2.85. The first-order chi connectivity index (χ1) is 8.12. The lowest BCUT2D eigenvalue weighted by Gasteiger charge is -2.24. The summed E-state index contributed by atoms with van der Waals surface area (Å²) in [7, 11) is 0. The van der Waals surface area contributed by atoms with Crippen LogP contribution >= 0.6 is 0 Å². The molecule has 2 N–H and O–H groups in total. The minimum atomic E-state index is -1.27. The van der Waals surface area contributed by atoms with E-state index >= 15 is 0 Å². The number of hydrogen-bond donors (Lipinski definition) is 2. The van der Waals surface area contributed by atoms with Gasteiger partial charge in [-0.15, -0.1) is 6.58 Å². The first-order valence-electron chi connectivity index (χ1n) is 6.00. The van der Waals surface area contributed by atoms with Crippen LogP contribution in [0.25, 0.3) is 0 Å². The molecule has 0 unspecified atom stereocenters. The molecule has 5 heteroatoms. The van der Waals surface area contributed by atoms with Gasteiger partial charge in [-0.2, -0.15) is 0 Å². The summed E-state index contributed by atoms with van der Waals surface area (Å²) < 4.78 is 5.10. The van der Waals surface area contributed by atoms with Gasteiger partial charge in [0.2, 0.25) is 0 Å². The van der Waals surface area contributed by atoms with Crippen LogP contribution in [0.4, 0.5) is 4.79 Å². The number of carboxylic acid groups (broad SMARTS) is 1. The van der Waals surface area contributed by atoms with Gasteiger partial charge in [-0.25, -0.2) is 9.59 Å². The molecule has 0 aromatic carbocycles. The van der Waals surface area contributed by atoms with E-state index in [1.165, 1.54) is 0 Å². The van der Waals surface area contributed by atoms with Gasteiger partial charge in [0.25, 0.3) is 0 Å². The van der Waals surface area contributed by atoms with E-state index in [0.29, 0.717) is 12.8 Å². The normalized spacial score (nSPS) is 30.4. The molecule has 5 nitrogen and oxygen atoms in total. The smallest absolute Gasteiger partial charge is 0.408 e. The Bertz CT molecular complexity index is 385. The number of aliphatic carboxylic acids is 1. The molecule has 0 radical (unpaired) electrons. The van der Waals surface area contributed by atoms with E-state index in [1.54, 1.807) is 26.8 Å². The number of rotatable bonds is 4. The summed E-state index contributed by atoms with van der Waals surface area (Å²) in [5, 5.41) is 11.8. The maximum atomic E-state index is 11.7. The molecular formula is C13H21NO4. The van der Waals surface area contributed by atoms with Gasteiger partial charge in [-0.3, -0.25) is 0 Å². The molecule has 0 saturated heterocycles. The van der Waals surface area contributed by atoms with Crippen LogP contribution in [0.1, 0.15) is 40.5 Å². The van der Waals surface area contributed by atoms with Gasteiger partial charge in [0.05, 0.1) is 0 Å². The van der Waals surface area contributed by atoms with Crippen LogP contribution in [-0.4, -0.2) is 28.3 Å². The van der Waals surface area contributed by atoms with Crippen molar-refractivity contribution < 1.29 is 19.4 Å². The lowest BCUT2D eigenvalue weighted by molar-refractivity contribution is -0.141. The van der Waals surface area contributed by atoms with Gasteiger partial charge in [0.1, 0.15) is 5.60 Å². The summed E-state index contributed by atoms with van der Waals surface area (Å²) in [5.74, 6) is -1.05. The lowest BCUT2D eigenvalue weighted by Crippen LogP contribution is -2.49. The number of amides is 1. The number of hydrogen-bond acceptors (Lipinski definition) is 3. The summed E-state index contributed by atoms with van der Waals surface area (Å²) in [5.41, 5.74) is -2.50. The molecule has 0 spiro atoms. The molecule has 1 fully saturated rings. The number of alkyl carbamates (subject to hydrolysis) is 1. The Morgan fingerprint density at radius 1 is 1.50 bits per heavy atom. The molecule has 102 valence electrons. The molecule has 0 bridgehead atoms. The van der Waals surface area contributed by atoms with Crippen LogP contribution in [0, 0.1) is 5.41 Å². The van der Waals surface area contributed by atoms with Crippen molar-refractivity contribution in [2.75, 3.05) is 0 Å². The van der Waals surface area contributed by atoms with E-state index in [1.807, 2.05) is 6.92 Å². The van der Waals surface area contributed by atoms with E-state index < -0.39 is 28.6 Å². The fourth-order valence-electron chi connectivity index (χ4n) is 2.24. The van der Waals surface area contributed by atoms with Gasteiger partial charge < -0.3 is 15.2 Å². The van der Waals surface area contributed by atoms with Crippen molar-refractivity contribution in [1.29, 1.82) is 0 Å². The lowest BCUT2D eigenvalue weighted by atomic mass is 9.96. The molecular weight excluding hydrogens is 234 g/mol. The summed E-state index contributed by atoms with van der Waals surface area (Å²) in [4.78, 5) is 23.1. The van der Waals surface area contributed by atoms with Crippen molar-refractivity contribution in [3.05, 3.63) is 12.7 Å². The van der Waals surface area contributed by atoms with Gasteiger partial charge in [-0.05, 0) is 33.6 Å². The number of carbonyl (C=O) groups is 2. The highest BCUT2D eigenvalue weighted by molar-refractivity contribution is 5.90. The zero-order chi connectivity index (χ0) is 14.2. The van der Waals surface area contributed by atoms with E-state index in [-0.39, 0.29) is 0 Å². The topological polar surface area (TPSA) is 75.6 Å². The second-order valence-corrected chi connectivity index (χ2v) is 5.73. The standard InChI is InChI=1S/C13H21NO4/c1-6-12(7-2)8-13(12,9(15)16)14-10(17)18-11(3,4)5/h6H,1,7-8H2,2-5H3,(H,14,17)(H,15,16)/t12-,13+/m1/s1. The molecule has 1 rings (SSSR count). The summed E-state index contributed by atoms with van der Waals surface area (Å²) in [6, 6.07) is 0. The minimum absolute atomic E-state index is 0.356. The molecule has 0 aromatic rings. The van der Waals surface area contributed by atoms with Crippen molar-refractivity contribution in [3.8, 4) is 0 Å². The van der Waals surface area contributed by atoms with Gasteiger partial charge >= 0.3 is 12.1 Å². The van der Waals surface area contributed by atoms with Crippen molar-refractivity contribution in [2.45, 2.75) is 51.7 Å². The highest BCUT2D eigenvalue weighted by Crippen LogP contribution is 2.59. The van der Waals surface area contributed by atoms with E-state index in [0.717, 1.165) is 0 Å². The Labute approximate surface area is 107 Å². The number of carbonyl (C=O) groups excluding carboxylic acids is 1. The number of nitrogens with one attached hydrogen (secondary N) is 1. The third kappa shape index (κ3) is 2.35. The fourth-order valence-corrected chi connectivity index (χ4v) is 2.24. The van der Waals surface area contributed by atoms with Crippen LogP contribution in [0.15, 0.2) is 12.7 Å². The fraction of sp³-hybridized carbons (Fsp3) is 0.692. The van der Waals surface area contributed by atoms with Crippen molar-refractivity contribution in [2.24, 2.45) is 5.41 Å². The maximum Gasteiger partial charge on any atom is 0.408 e. The minimum Gasteiger partial charge on any atom is -0.479 e. The average molecular weight is 255 g/mol. The Kier molecular flexibility index (Phi) is 3.47. The van der Waals surface area contributed by atoms with Crippen LogP contribution in [0.5, 0.6) is 0 Å². The zero-order valence-electron chi connectivity index (χ0n) is 11.4. The van der Waals surface area contributed by atoms with Crippen LogP contribution in [-0.2, 0) is 9.53 Å². The van der Waals surface area contributed by atoms with Crippen molar-refractivity contribution in [1.82, 2.24) is 5.32 Å². The van der Waals surface area contributed by atoms with Crippen LogP contribution in [0.2, 0.25) is 0 Å². The second kappa shape index (κ2) is 4.30. The van der Waals surface area contributed by atoms with Gasteiger partial charge in [0, 0.05) is 5.41 Å². The Morgan fingerprint density at radius 2 is 2.06 bits per heavy atom. The molecule has 1 saturated carbocycles. The molecule has 0 heterocycles. The van der Waals surface area contributed by atoms with Crippen LogP contribution < -0.4 is 5.32 Å². The predicted octanol–water partition coefficient (Wildman–Crippen LogP) is 2.32. The maximum absolute atomic E-state index is 11.7. The largest absolute Gasteiger partial charge is 0.479 e. The first kappa shape index (κ1) is 14.5. The third-order valence-electron chi connectivity index (χ3n) is 3.41. The third-order valence-corrected chi connectivity index (χ3v) is 3.41. The number of carboxylic acids is 1. The van der Waals surface area contributed by atoms with Gasteiger partial charge in [-0.1, -0.05) is 13.0 Å². The molecule has 1 amide bonds. The monoisotopic (exact) mass is 255 g/mol. The summed E-state index contributed by atoms with van der Waals surface area (Å²) >= 11 is 0. The molecule has 18 heavy (non-hydrogen) atoms. The molecule has 0 aromatic heterocycles. The highest BCUT2D eigenvalue weighted by atomic mass is 16.6. The number of ether oxygens (including phenoxy) is 1. The first-order valence-corrected chi connectivity index (χ1v) is 6.00. The van der Waals surface area contributed by atoms with Crippen LogP contribution in [0.3, 0.4) is 0 Å². The summed E-state index contributed by atoms with van der Waals surface area (Å²) in [6.07, 6.45) is 1.87. The van der Waals surface area contributed by atoms with Crippen molar-refractivity contribution >= 4 is 12.1 Å². The second-order valence-electron chi connectivity index (χ2n) is 5.73. The Hall–Kier alpha value is -1.52. The highest BCUT2D eigenvalue weighted by Gasteiger charge is 2.71. The SMILES string of the molecule is C=C[C@@]1(CC)C[C@]1(NC(=O)OC(C)(C)C)C(=O)O. The Balaban J connectivity index is 2.83. The van der Waals surface area contributed by atoms with E-state index in [9.17, 15) is 14.7 Å². The summed E-state index contributed by atoms with van der Waals surface area (Å²) in [6.45, 7) is 10.7. The quantitative estimate of drug-likeness (QED) is 0.756. The molecule has 2 atom stereocenters. The van der Waals surface area contributed by atoms with E-state index in [4.69, 9.17) is 4.74 Å². The molecule has 0 aliphatic heterocycles. The predicted molar refractivity (Wildman–Crippen MR) is 67.3 cm³/mol. The molecule has 1 aliphatic carbocycles. The van der Waals surface area contributed by atoms with Gasteiger partial charge in [0.15, 0.2) is 5.54 Å². The van der Waals surface area contributed by atoms with Crippen molar-refractivity contribution in [3.63, 3.8) is 0 Å².